The quantitative estimate of drug-likeness (QED) is 0.498. The Balaban J connectivity index is 2.33. The molecule has 148 valence electrons. The number of benzene rings is 2. The lowest BCUT2D eigenvalue weighted by molar-refractivity contribution is -0.134. The second-order valence-corrected chi connectivity index (χ2v) is 7.49. The van der Waals surface area contributed by atoms with Gasteiger partial charge in [-0.15, -0.1) is 0 Å². The molecule has 0 aliphatic heterocycles. The van der Waals surface area contributed by atoms with E-state index in [4.69, 9.17) is 9.47 Å². The Kier molecular flexibility index (Phi) is 8.07. The predicted molar refractivity (Wildman–Crippen MR) is 113 cm³/mol. The van der Waals surface area contributed by atoms with Crippen LogP contribution in [0.1, 0.15) is 25.0 Å². The molecule has 0 radical (unpaired) electrons. The van der Waals surface area contributed by atoms with Gasteiger partial charge >= 0.3 is 5.97 Å². The van der Waals surface area contributed by atoms with E-state index in [2.05, 4.69) is 37.2 Å². The van der Waals surface area contributed by atoms with Crippen LogP contribution < -0.4 is 14.8 Å². The van der Waals surface area contributed by atoms with Crippen LogP contribution in [0.15, 0.2) is 51.0 Å². The molecule has 0 aromatic heterocycles. The van der Waals surface area contributed by atoms with Crippen LogP contribution in [0.2, 0.25) is 0 Å². The zero-order chi connectivity index (χ0) is 20.7. The number of carbonyl (C=O) groups is 2. The molecular formula is C20H19Br2NO5. The number of hydrogen-bond acceptors (Lipinski definition) is 4. The maximum atomic E-state index is 11.3. The average molecular weight is 513 g/mol. The van der Waals surface area contributed by atoms with Crippen molar-refractivity contribution in [3.05, 3.63) is 62.2 Å². The summed E-state index contributed by atoms with van der Waals surface area (Å²) in [6.45, 7) is 3.84. The fourth-order valence-electron chi connectivity index (χ4n) is 2.32. The van der Waals surface area contributed by atoms with Gasteiger partial charge in [0.2, 0.25) is 5.91 Å². The third-order valence-electron chi connectivity index (χ3n) is 3.48. The highest BCUT2D eigenvalue weighted by Gasteiger charge is 2.14. The molecular weight excluding hydrogens is 494 g/mol. The van der Waals surface area contributed by atoms with Crippen molar-refractivity contribution in [2.75, 3.05) is 6.61 Å². The Labute approximate surface area is 179 Å². The molecule has 0 heterocycles. The van der Waals surface area contributed by atoms with Gasteiger partial charge in [0.1, 0.15) is 12.3 Å². The Morgan fingerprint density at radius 3 is 2.39 bits per heavy atom. The van der Waals surface area contributed by atoms with Crippen LogP contribution in [0, 0.1) is 0 Å². The van der Waals surface area contributed by atoms with Crippen molar-refractivity contribution < 1.29 is 24.2 Å². The minimum Gasteiger partial charge on any atom is -0.490 e. The van der Waals surface area contributed by atoms with Gasteiger partial charge < -0.3 is 19.9 Å². The number of rotatable bonds is 8. The molecule has 0 aliphatic carbocycles. The minimum atomic E-state index is -1.24. The van der Waals surface area contributed by atoms with E-state index in [1.165, 1.54) is 13.0 Å². The van der Waals surface area contributed by atoms with Gasteiger partial charge in [-0.3, -0.25) is 4.79 Å². The largest absolute Gasteiger partial charge is 0.490 e. The number of amides is 1. The number of carboxylic acid groups (broad SMARTS) is 1. The summed E-state index contributed by atoms with van der Waals surface area (Å²) in [5.74, 6) is -0.724. The number of carbonyl (C=O) groups excluding carboxylic acids is 1. The van der Waals surface area contributed by atoms with Gasteiger partial charge in [0.05, 0.1) is 11.1 Å². The van der Waals surface area contributed by atoms with E-state index >= 15 is 0 Å². The average Bonchev–Trinajstić information content (AvgIpc) is 2.62. The summed E-state index contributed by atoms with van der Waals surface area (Å²) < 4.78 is 13.2. The molecule has 28 heavy (non-hydrogen) atoms. The summed E-state index contributed by atoms with van der Waals surface area (Å²) in [5, 5.41) is 11.6. The molecule has 1 amide bonds. The van der Waals surface area contributed by atoms with Gasteiger partial charge in [-0.2, -0.15) is 0 Å². The zero-order valence-electron chi connectivity index (χ0n) is 15.3. The van der Waals surface area contributed by atoms with Crippen molar-refractivity contribution in [2.45, 2.75) is 20.5 Å². The molecule has 0 bridgehead atoms. The third-order valence-corrected chi connectivity index (χ3v) is 4.60. The first-order valence-corrected chi connectivity index (χ1v) is 9.95. The van der Waals surface area contributed by atoms with Crippen molar-refractivity contribution in [3.63, 3.8) is 0 Å². The monoisotopic (exact) mass is 511 g/mol. The van der Waals surface area contributed by atoms with E-state index in [9.17, 15) is 14.7 Å². The number of ether oxygens (including phenoxy) is 2. The van der Waals surface area contributed by atoms with Crippen molar-refractivity contribution in [3.8, 4) is 11.5 Å². The van der Waals surface area contributed by atoms with Crippen LogP contribution in [0.4, 0.5) is 0 Å². The summed E-state index contributed by atoms with van der Waals surface area (Å²) in [5.41, 5.74) is 1.29. The number of aliphatic carboxylic acids is 1. The highest BCUT2D eigenvalue weighted by atomic mass is 79.9. The molecule has 2 aromatic carbocycles. The molecule has 2 aromatic rings. The van der Waals surface area contributed by atoms with E-state index in [1.807, 2.05) is 31.2 Å². The first-order chi connectivity index (χ1) is 13.3. The van der Waals surface area contributed by atoms with Gasteiger partial charge in [0.15, 0.2) is 11.5 Å². The van der Waals surface area contributed by atoms with Crippen molar-refractivity contribution in [2.24, 2.45) is 0 Å². The first kappa shape index (κ1) is 22.0. The highest BCUT2D eigenvalue weighted by Crippen LogP contribution is 2.38. The topological polar surface area (TPSA) is 84.9 Å². The predicted octanol–water partition coefficient (Wildman–Crippen LogP) is 4.75. The molecule has 0 atom stereocenters. The number of halogens is 2. The molecule has 6 nitrogen and oxygen atoms in total. The highest BCUT2D eigenvalue weighted by molar-refractivity contribution is 9.10. The third kappa shape index (κ3) is 6.38. The summed E-state index contributed by atoms with van der Waals surface area (Å²) in [4.78, 5) is 22.5. The van der Waals surface area contributed by atoms with E-state index in [0.717, 1.165) is 10.0 Å². The van der Waals surface area contributed by atoms with Gasteiger partial charge in [0.25, 0.3) is 0 Å². The molecule has 0 fully saturated rings. The molecule has 0 spiro atoms. The lowest BCUT2D eigenvalue weighted by Crippen LogP contribution is -2.24. The number of hydrogen-bond donors (Lipinski definition) is 2. The van der Waals surface area contributed by atoms with Crippen molar-refractivity contribution >= 4 is 49.8 Å². The van der Waals surface area contributed by atoms with E-state index in [1.54, 1.807) is 12.1 Å². The second-order valence-electron chi connectivity index (χ2n) is 5.72. The van der Waals surface area contributed by atoms with Crippen LogP contribution in [0.3, 0.4) is 0 Å². The summed E-state index contributed by atoms with van der Waals surface area (Å²) in [6.07, 6.45) is 1.36. The summed E-state index contributed by atoms with van der Waals surface area (Å²) >= 11 is 6.85. The number of nitrogens with one attached hydrogen (secondary N) is 1. The Morgan fingerprint density at radius 1 is 1.14 bits per heavy atom. The van der Waals surface area contributed by atoms with Gasteiger partial charge in [-0.1, -0.05) is 28.1 Å². The van der Waals surface area contributed by atoms with E-state index < -0.39 is 11.9 Å². The molecule has 2 rings (SSSR count). The number of carboxylic acids is 1. The maximum absolute atomic E-state index is 11.3. The van der Waals surface area contributed by atoms with Gasteiger partial charge in [-0.05, 0) is 64.3 Å². The Bertz CT molecular complexity index is 894. The second kappa shape index (κ2) is 10.3. The maximum Gasteiger partial charge on any atom is 0.352 e. The Morgan fingerprint density at radius 2 is 1.82 bits per heavy atom. The normalized spacial score (nSPS) is 11.1. The van der Waals surface area contributed by atoms with Crippen molar-refractivity contribution in [1.82, 2.24) is 5.32 Å². The van der Waals surface area contributed by atoms with Gasteiger partial charge in [0, 0.05) is 11.4 Å². The molecule has 0 saturated heterocycles. The minimum absolute atomic E-state index is 0.231. The van der Waals surface area contributed by atoms with Crippen LogP contribution in [0.5, 0.6) is 11.5 Å². The van der Waals surface area contributed by atoms with Crippen LogP contribution >= 0.6 is 31.9 Å². The fourth-order valence-corrected chi connectivity index (χ4v) is 3.16. The molecule has 2 N–H and O–H groups in total. The standard InChI is InChI=1S/C20H19Br2NO5/c1-3-27-18-10-14(9-17(20(25)26)23-12(2)24)8-16(22)19(18)28-11-13-4-6-15(21)7-5-13/h4-10H,3,11H2,1-2H3,(H,23,24)(H,25,26). The van der Waals surface area contributed by atoms with Crippen LogP contribution in [-0.2, 0) is 16.2 Å². The smallest absolute Gasteiger partial charge is 0.352 e. The summed E-state index contributed by atoms with van der Waals surface area (Å²) in [6, 6.07) is 11.1. The molecule has 0 unspecified atom stereocenters. The van der Waals surface area contributed by atoms with Crippen molar-refractivity contribution in [1.29, 1.82) is 0 Å². The lowest BCUT2D eigenvalue weighted by atomic mass is 10.1. The van der Waals surface area contributed by atoms with E-state index in [0.29, 0.717) is 34.7 Å². The summed E-state index contributed by atoms with van der Waals surface area (Å²) in [7, 11) is 0. The first-order valence-electron chi connectivity index (χ1n) is 8.36. The molecule has 0 saturated carbocycles. The van der Waals surface area contributed by atoms with Crippen LogP contribution in [0.25, 0.3) is 6.08 Å². The van der Waals surface area contributed by atoms with Crippen LogP contribution in [-0.4, -0.2) is 23.6 Å². The molecule has 0 aliphatic rings. The fraction of sp³-hybridized carbons (Fsp3) is 0.200. The van der Waals surface area contributed by atoms with E-state index in [-0.39, 0.29) is 5.70 Å². The Hall–Kier alpha value is -2.32. The van der Waals surface area contributed by atoms with Gasteiger partial charge in [-0.25, -0.2) is 4.79 Å². The lowest BCUT2D eigenvalue weighted by Gasteiger charge is -2.15. The molecule has 8 heteroatoms. The SMILES string of the molecule is CCOc1cc(C=C(NC(C)=O)C(=O)O)cc(Br)c1OCc1ccc(Br)cc1. The zero-order valence-corrected chi connectivity index (χ0v) is 18.5.